The molecule has 0 aliphatic heterocycles. The van der Waals surface area contributed by atoms with E-state index in [0.29, 0.717) is 12.6 Å². The van der Waals surface area contributed by atoms with E-state index in [9.17, 15) is 0 Å². The van der Waals surface area contributed by atoms with Gasteiger partial charge in [-0.05, 0) is 50.1 Å². The number of ether oxygens (including phenoxy) is 1. The maximum Gasteiger partial charge on any atom is 0.119 e. The molecule has 1 aromatic rings. The van der Waals surface area contributed by atoms with Crippen molar-refractivity contribution in [2.75, 3.05) is 13.2 Å². The molecule has 0 fully saturated rings. The fourth-order valence-electron chi connectivity index (χ4n) is 1.64. The van der Waals surface area contributed by atoms with Crippen molar-refractivity contribution in [2.24, 2.45) is 0 Å². The van der Waals surface area contributed by atoms with Gasteiger partial charge in [0.15, 0.2) is 0 Å². The van der Waals surface area contributed by atoms with E-state index in [2.05, 4.69) is 18.8 Å². The van der Waals surface area contributed by atoms with Gasteiger partial charge in [0.2, 0.25) is 0 Å². The molecule has 1 atom stereocenters. The second-order valence-electron chi connectivity index (χ2n) is 4.28. The van der Waals surface area contributed by atoms with Crippen LogP contribution >= 0.6 is 11.6 Å². The molecule has 0 saturated carbocycles. The zero-order chi connectivity index (χ0) is 13.2. The summed E-state index contributed by atoms with van der Waals surface area (Å²) in [6.07, 6.45) is 5.14. The van der Waals surface area contributed by atoms with E-state index in [1.54, 1.807) is 0 Å². The molecule has 0 aromatic heterocycles. The van der Waals surface area contributed by atoms with E-state index in [-0.39, 0.29) is 0 Å². The fraction of sp³-hybridized carbons (Fsp3) is 0.467. The quantitative estimate of drug-likeness (QED) is 0.682. The molecule has 0 saturated heterocycles. The minimum atomic E-state index is 0.374. The zero-order valence-electron chi connectivity index (χ0n) is 11.0. The van der Waals surface area contributed by atoms with Crippen molar-refractivity contribution in [1.82, 2.24) is 5.32 Å². The van der Waals surface area contributed by atoms with Gasteiger partial charge < -0.3 is 10.1 Å². The van der Waals surface area contributed by atoms with Crippen LogP contribution in [0.25, 0.3) is 0 Å². The summed E-state index contributed by atoms with van der Waals surface area (Å²) in [5.41, 5.74) is 0. The Morgan fingerprint density at radius 3 is 2.72 bits per heavy atom. The van der Waals surface area contributed by atoms with Gasteiger partial charge in [-0.3, -0.25) is 0 Å². The van der Waals surface area contributed by atoms with Crippen LogP contribution in [0.2, 0.25) is 5.02 Å². The van der Waals surface area contributed by atoms with E-state index in [0.717, 1.165) is 36.6 Å². The monoisotopic (exact) mass is 267 g/mol. The molecule has 0 radical (unpaired) electrons. The average molecular weight is 268 g/mol. The van der Waals surface area contributed by atoms with Crippen molar-refractivity contribution < 1.29 is 4.74 Å². The molecule has 0 aliphatic carbocycles. The molecule has 1 unspecified atom stereocenters. The summed E-state index contributed by atoms with van der Waals surface area (Å²) in [6.45, 7) is 7.62. The van der Waals surface area contributed by atoms with E-state index in [4.69, 9.17) is 16.3 Å². The van der Waals surface area contributed by atoms with Crippen LogP contribution in [0.1, 0.15) is 26.2 Å². The summed E-state index contributed by atoms with van der Waals surface area (Å²) in [7, 11) is 0. The largest absolute Gasteiger partial charge is 0.492 e. The van der Waals surface area contributed by atoms with Gasteiger partial charge in [0.05, 0.1) is 0 Å². The molecule has 2 nitrogen and oxygen atoms in total. The lowest BCUT2D eigenvalue weighted by molar-refractivity contribution is 0.257. The van der Waals surface area contributed by atoms with Gasteiger partial charge in [-0.25, -0.2) is 0 Å². The Kier molecular flexibility index (Phi) is 7.54. The van der Waals surface area contributed by atoms with E-state index in [1.807, 2.05) is 30.3 Å². The standard InChI is InChI=1S/C15H22ClNO/c1-3-5-6-14(17-11-4-2)12-18-15-9-7-13(16)8-10-15/h3,7-10,14,17H,1,4-6,11-12H2,2H3. The van der Waals surface area contributed by atoms with Crippen LogP contribution in [0.4, 0.5) is 0 Å². The van der Waals surface area contributed by atoms with Crippen LogP contribution in [0.5, 0.6) is 5.75 Å². The lowest BCUT2D eigenvalue weighted by Crippen LogP contribution is -2.35. The summed E-state index contributed by atoms with van der Waals surface area (Å²) >= 11 is 5.83. The molecule has 0 aliphatic rings. The lowest BCUT2D eigenvalue weighted by Gasteiger charge is -2.18. The number of hydrogen-bond acceptors (Lipinski definition) is 2. The minimum absolute atomic E-state index is 0.374. The predicted molar refractivity (Wildman–Crippen MR) is 78.5 cm³/mol. The maximum atomic E-state index is 5.83. The minimum Gasteiger partial charge on any atom is -0.492 e. The molecule has 0 amide bonds. The Labute approximate surface area is 115 Å². The smallest absolute Gasteiger partial charge is 0.119 e. The van der Waals surface area contributed by atoms with Crippen LogP contribution in [-0.2, 0) is 0 Å². The fourth-order valence-corrected chi connectivity index (χ4v) is 1.77. The van der Waals surface area contributed by atoms with Crippen molar-refractivity contribution >= 4 is 11.6 Å². The van der Waals surface area contributed by atoms with E-state index in [1.165, 1.54) is 0 Å². The normalized spacial score (nSPS) is 12.1. The molecule has 1 aromatic carbocycles. The first kappa shape index (κ1) is 15.1. The van der Waals surface area contributed by atoms with Crippen LogP contribution in [-0.4, -0.2) is 19.2 Å². The molecular weight excluding hydrogens is 246 g/mol. The summed E-state index contributed by atoms with van der Waals surface area (Å²) in [5.74, 6) is 0.862. The van der Waals surface area contributed by atoms with Crippen molar-refractivity contribution in [3.8, 4) is 5.75 Å². The number of hydrogen-bond donors (Lipinski definition) is 1. The SMILES string of the molecule is C=CCCC(COc1ccc(Cl)cc1)NCCC. The molecule has 1 N–H and O–H groups in total. The molecule has 0 bridgehead atoms. The molecule has 18 heavy (non-hydrogen) atoms. The summed E-state index contributed by atoms with van der Waals surface area (Å²) in [6, 6.07) is 7.85. The van der Waals surface area contributed by atoms with Crippen molar-refractivity contribution in [3.05, 3.63) is 41.9 Å². The van der Waals surface area contributed by atoms with Gasteiger partial charge in [0, 0.05) is 11.1 Å². The highest BCUT2D eigenvalue weighted by Crippen LogP contribution is 2.16. The summed E-state index contributed by atoms with van der Waals surface area (Å²) in [5, 5.41) is 4.22. The van der Waals surface area contributed by atoms with Crippen LogP contribution in [0.15, 0.2) is 36.9 Å². The Hall–Kier alpha value is -0.990. The third-order valence-electron chi connectivity index (χ3n) is 2.67. The van der Waals surface area contributed by atoms with Gasteiger partial charge in [-0.2, -0.15) is 0 Å². The van der Waals surface area contributed by atoms with Gasteiger partial charge in [-0.1, -0.05) is 24.6 Å². The topological polar surface area (TPSA) is 21.3 Å². The first-order valence-electron chi connectivity index (χ1n) is 6.49. The molecule has 3 heteroatoms. The van der Waals surface area contributed by atoms with Crippen molar-refractivity contribution in [1.29, 1.82) is 0 Å². The number of rotatable bonds is 9. The third-order valence-corrected chi connectivity index (χ3v) is 2.92. The molecular formula is C15H22ClNO. The number of benzene rings is 1. The molecule has 1 rings (SSSR count). The molecule has 0 heterocycles. The van der Waals surface area contributed by atoms with Crippen molar-refractivity contribution in [3.63, 3.8) is 0 Å². The highest BCUT2D eigenvalue weighted by molar-refractivity contribution is 6.30. The van der Waals surface area contributed by atoms with Gasteiger partial charge >= 0.3 is 0 Å². The molecule has 0 spiro atoms. The first-order chi connectivity index (χ1) is 8.76. The van der Waals surface area contributed by atoms with Crippen LogP contribution in [0.3, 0.4) is 0 Å². The van der Waals surface area contributed by atoms with E-state index < -0.39 is 0 Å². The average Bonchev–Trinajstić information content (AvgIpc) is 2.40. The summed E-state index contributed by atoms with van der Waals surface area (Å²) < 4.78 is 5.76. The van der Waals surface area contributed by atoms with E-state index >= 15 is 0 Å². The van der Waals surface area contributed by atoms with Crippen LogP contribution in [0, 0.1) is 0 Å². The van der Waals surface area contributed by atoms with Gasteiger partial charge in [-0.15, -0.1) is 6.58 Å². The Morgan fingerprint density at radius 1 is 1.39 bits per heavy atom. The Morgan fingerprint density at radius 2 is 2.11 bits per heavy atom. The predicted octanol–water partition coefficient (Wildman–Crippen LogP) is 4.05. The lowest BCUT2D eigenvalue weighted by atomic mass is 10.1. The van der Waals surface area contributed by atoms with Crippen molar-refractivity contribution in [2.45, 2.75) is 32.2 Å². The van der Waals surface area contributed by atoms with Gasteiger partial charge in [0.1, 0.15) is 12.4 Å². The number of allylic oxidation sites excluding steroid dienone is 1. The highest BCUT2D eigenvalue weighted by atomic mass is 35.5. The zero-order valence-corrected chi connectivity index (χ0v) is 11.7. The second-order valence-corrected chi connectivity index (χ2v) is 4.72. The first-order valence-corrected chi connectivity index (χ1v) is 6.86. The number of nitrogens with one attached hydrogen (secondary N) is 1. The Bertz CT molecular complexity index is 337. The highest BCUT2D eigenvalue weighted by Gasteiger charge is 2.07. The Balaban J connectivity index is 2.39. The van der Waals surface area contributed by atoms with Gasteiger partial charge in [0.25, 0.3) is 0 Å². The third kappa shape index (κ3) is 6.08. The molecule has 100 valence electrons. The maximum absolute atomic E-state index is 5.83. The number of halogens is 1. The van der Waals surface area contributed by atoms with Crippen LogP contribution < -0.4 is 10.1 Å². The summed E-state index contributed by atoms with van der Waals surface area (Å²) in [4.78, 5) is 0. The second kappa shape index (κ2) is 9.01.